The minimum Gasteiger partial charge on any atom is -0.477 e. The van der Waals surface area contributed by atoms with Gasteiger partial charge in [-0.1, -0.05) is 5.16 Å². The van der Waals surface area contributed by atoms with Crippen LogP contribution in [0.1, 0.15) is 19.2 Å². The number of nitrogens with zero attached hydrogens (tertiary/aromatic N) is 4. The van der Waals surface area contributed by atoms with Gasteiger partial charge in [0.2, 0.25) is 11.5 Å². The number of aliphatic carboxylic acids is 1. The van der Waals surface area contributed by atoms with Gasteiger partial charge in [0.15, 0.2) is 11.1 Å². The van der Waals surface area contributed by atoms with Crippen LogP contribution in [0.2, 0.25) is 0 Å². The van der Waals surface area contributed by atoms with Crippen LogP contribution in [-0.2, 0) is 33.5 Å². The molecule has 0 radical (unpaired) electrons. The zero-order chi connectivity index (χ0) is 25.7. The first-order valence-corrected chi connectivity index (χ1v) is 13.0. The summed E-state index contributed by atoms with van der Waals surface area (Å²) in [5, 5.41) is 15.4. The fraction of sp³-hybridized carbons (Fsp3) is 0.444. The molecule has 3 heterocycles. The largest absolute Gasteiger partial charge is 0.477 e. The third-order valence-electron chi connectivity index (χ3n) is 4.53. The summed E-state index contributed by atoms with van der Waals surface area (Å²) in [5.74, 6) is -3.85. The number of carbonyl (C=O) groups excluding carboxylic acids is 4. The van der Waals surface area contributed by atoms with Crippen molar-refractivity contribution >= 4 is 75.4 Å². The molecule has 1 saturated heterocycles. The lowest BCUT2D eigenvalue weighted by Gasteiger charge is -2.49. The van der Waals surface area contributed by atoms with Crippen LogP contribution in [0.5, 0.6) is 0 Å². The summed E-state index contributed by atoms with van der Waals surface area (Å²) in [5.41, 5.74) is 5.17. The lowest BCUT2D eigenvalue weighted by molar-refractivity contribution is -0.150. The number of rotatable bonds is 11. The van der Waals surface area contributed by atoms with E-state index in [0.717, 1.165) is 16.4 Å². The van der Waals surface area contributed by atoms with Crippen molar-refractivity contribution in [3.8, 4) is 0 Å². The molecule has 0 spiro atoms. The minimum atomic E-state index is -1.39. The number of ether oxygens (including phenoxy) is 1. The van der Waals surface area contributed by atoms with E-state index in [1.807, 2.05) is 0 Å². The van der Waals surface area contributed by atoms with Crippen LogP contribution in [0, 0.1) is 0 Å². The highest BCUT2D eigenvalue weighted by molar-refractivity contribution is 8.00. The zero-order valence-electron chi connectivity index (χ0n) is 18.4. The molecule has 0 saturated carbocycles. The fourth-order valence-corrected chi connectivity index (χ4v) is 5.00. The topological polar surface area (TPSA) is 203 Å². The molecular formula is C18H20N6O8S3. The van der Waals surface area contributed by atoms with E-state index in [4.69, 9.17) is 15.3 Å². The number of Topliss-reactive ketones (excluding diaryl/α,β-unsaturated/α-hetero) is 1. The molecule has 1 fully saturated rings. The number of fused-ring (bicyclic) bond motifs is 1. The Morgan fingerprint density at radius 1 is 1.37 bits per heavy atom. The maximum absolute atomic E-state index is 12.9. The van der Waals surface area contributed by atoms with Gasteiger partial charge in [-0.15, -0.1) is 23.5 Å². The minimum absolute atomic E-state index is 0.0770. The first kappa shape index (κ1) is 26.4. The number of esters is 1. The van der Waals surface area contributed by atoms with Crippen LogP contribution >= 0.6 is 35.1 Å². The van der Waals surface area contributed by atoms with Gasteiger partial charge in [-0.05, 0) is 13.2 Å². The Bertz CT molecular complexity index is 1120. The second-order valence-corrected chi connectivity index (χ2v) is 9.79. The van der Waals surface area contributed by atoms with Crippen LogP contribution in [0.15, 0.2) is 16.4 Å². The van der Waals surface area contributed by atoms with Gasteiger partial charge in [0, 0.05) is 22.9 Å². The number of oxime groups is 1. The molecule has 4 N–H and O–H groups in total. The van der Waals surface area contributed by atoms with E-state index in [0.29, 0.717) is 0 Å². The third-order valence-corrected chi connectivity index (χ3v) is 6.76. The van der Waals surface area contributed by atoms with Crippen LogP contribution in [0.3, 0.4) is 0 Å². The Hall–Kier alpha value is -3.18. The Labute approximate surface area is 210 Å². The van der Waals surface area contributed by atoms with Crippen LogP contribution in [0.25, 0.3) is 0 Å². The molecule has 1 aromatic rings. The van der Waals surface area contributed by atoms with Crippen molar-refractivity contribution in [1.82, 2.24) is 19.6 Å². The molecule has 0 bridgehead atoms. The number of aromatic nitrogens is 2. The second kappa shape index (κ2) is 11.5. The molecule has 2 aliphatic rings. The average Bonchev–Trinajstić information content (AvgIpc) is 3.23. The number of nitrogen functional groups attached to an aromatic ring is 1. The molecule has 1 unspecified atom stereocenters. The van der Waals surface area contributed by atoms with Crippen molar-refractivity contribution in [2.24, 2.45) is 5.16 Å². The maximum Gasteiger partial charge on any atom is 0.352 e. The number of hydrogen-bond acceptors (Lipinski definition) is 14. The summed E-state index contributed by atoms with van der Waals surface area (Å²) in [6.07, 6.45) is 1.33. The standard InChI is InChI=1S/C18H20N6O8S3/c1-7(25)3-9(26)31-4-8-5-34-16-11(15(28)24(16)12(8)17(29)30)20-14(27)10(22-32-6-33-2)13-21-18(19)35-23-13/h11,16H,3-6H2,1-2H3,(H,20,27)(H,29,30)(H2,19,21,23)/t11?,16-/m0/s1. The van der Waals surface area contributed by atoms with Crippen LogP contribution in [0.4, 0.5) is 5.13 Å². The van der Waals surface area contributed by atoms with Crippen LogP contribution in [-0.4, -0.2) is 90.6 Å². The van der Waals surface area contributed by atoms with Gasteiger partial charge in [0.25, 0.3) is 11.8 Å². The number of thioether (sulfide) groups is 2. The van der Waals surface area contributed by atoms with E-state index in [1.165, 1.54) is 30.4 Å². The van der Waals surface area contributed by atoms with Gasteiger partial charge in [-0.25, -0.2) is 4.79 Å². The molecule has 3 rings (SSSR count). The highest BCUT2D eigenvalue weighted by atomic mass is 32.2. The highest BCUT2D eigenvalue weighted by Gasteiger charge is 2.54. The number of carboxylic acids is 1. The van der Waals surface area contributed by atoms with E-state index in [2.05, 4.69) is 19.8 Å². The van der Waals surface area contributed by atoms with Crippen molar-refractivity contribution in [3.05, 3.63) is 17.1 Å². The molecule has 0 aromatic carbocycles. The molecule has 2 aliphatic heterocycles. The van der Waals surface area contributed by atoms with Gasteiger partial charge >= 0.3 is 11.9 Å². The van der Waals surface area contributed by atoms with Gasteiger partial charge in [-0.3, -0.25) is 24.1 Å². The van der Waals surface area contributed by atoms with Crippen molar-refractivity contribution in [1.29, 1.82) is 0 Å². The predicted octanol–water partition coefficient (Wildman–Crippen LogP) is -0.578. The van der Waals surface area contributed by atoms with Gasteiger partial charge < -0.3 is 25.7 Å². The number of carboxylic acid groups (broad SMARTS) is 1. The molecule has 17 heteroatoms. The Kier molecular flexibility index (Phi) is 8.68. The third kappa shape index (κ3) is 6.09. The monoisotopic (exact) mass is 544 g/mol. The molecule has 2 amide bonds. The quantitative estimate of drug-likeness (QED) is 0.0607. The zero-order valence-corrected chi connectivity index (χ0v) is 20.8. The Balaban J connectivity index is 1.74. The lowest BCUT2D eigenvalue weighted by Crippen LogP contribution is -2.71. The van der Waals surface area contributed by atoms with E-state index in [-0.39, 0.29) is 46.2 Å². The van der Waals surface area contributed by atoms with Crippen molar-refractivity contribution < 1.29 is 38.7 Å². The normalized spacial score (nSPS) is 19.5. The Morgan fingerprint density at radius 3 is 2.71 bits per heavy atom. The summed E-state index contributed by atoms with van der Waals surface area (Å²) in [4.78, 5) is 70.3. The SMILES string of the molecule is CSCON=C(C(=O)NC1C(=O)N2C(C(=O)O)=C(COC(=O)CC(C)=O)CS[C@@H]12)c1nsc(N)n1. The van der Waals surface area contributed by atoms with Crippen molar-refractivity contribution in [2.45, 2.75) is 24.8 Å². The fourth-order valence-electron chi connectivity index (χ4n) is 3.08. The Morgan fingerprint density at radius 2 is 2.11 bits per heavy atom. The molecule has 2 atom stereocenters. The van der Waals surface area contributed by atoms with Crippen LogP contribution < -0.4 is 11.1 Å². The second-order valence-electron chi connectivity index (χ2n) is 7.09. The number of amides is 2. The maximum atomic E-state index is 12.9. The van der Waals surface area contributed by atoms with E-state index < -0.39 is 47.4 Å². The van der Waals surface area contributed by atoms with Gasteiger partial charge in [0.05, 0.1) is 0 Å². The average molecular weight is 545 g/mol. The number of ketones is 1. The number of anilines is 1. The molecule has 35 heavy (non-hydrogen) atoms. The molecular weight excluding hydrogens is 524 g/mol. The van der Waals surface area contributed by atoms with E-state index in [9.17, 15) is 29.1 Å². The summed E-state index contributed by atoms with van der Waals surface area (Å²) in [7, 11) is 0. The summed E-state index contributed by atoms with van der Waals surface area (Å²) in [6.45, 7) is 0.844. The first-order valence-electron chi connectivity index (χ1n) is 9.78. The summed E-state index contributed by atoms with van der Waals surface area (Å²) >= 11 is 3.35. The number of nitrogens with two attached hydrogens (primary N) is 1. The summed E-state index contributed by atoms with van der Waals surface area (Å²) in [6, 6.07) is -1.05. The number of nitrogens with one attached hydrogen (secondary N) is 1. The first-order chi connectivity index (χ1) is 16.6. The molecule has 1 aromatic heterocycles. The lowest BCUT2D eigenvalue weighted by atomic mass is 10.0. The smallest absolute Gasteiger partial charge is 0.352 e. The number of β-lactam (4-membered cyclic amide) rings is 1. The van der Waals surface area contributed by atoms with Crippen molar-refractivity contribution in [3.63, 3.8) is 0 Å². The molecule has 14 nitrogen and oxygen atoms in total. The number of carbonyl (C=O) groups is 5. The summed E-state index contributed by atoms with van der Waals surface area (Å²) < 4.78 is 8.92. The van der Waals surface area contributed by atoms with E-state index in [1.54, 1.807) is 6.26 Å². The van der Waals surface area contributed by atoms with Gasteiger partial charge in [0.1, 0.15) is 35.9 Å². The van der Waals surface area contributed by atoms with Crippen molar-refractivity contribution in [2.75, 3.05) is 30.3 Å². The predicted molar refractivity (Wildman–Crippen MR) is 126 cm³/mol. The van der Waals surface area contributed by atoms with E-state index >= 15 is 0 Å². The molecule has 188 valence electrons. The highest BCUT2D eigenvalue weighted by Crippen LogP contribution is 2.40. The number of hydrogen-bond donors (Lipinski definition) is 3. The molecule has 0 aliphatic carbocycles. The van der Waals surface area contributed by atoms with Gasteiger partial charge in [-0.2, -0.15) is 9.36 Å².